The lowest BCUT2D eigenvalue weighted by Crippen LogP contribution is -2.16. The average Bonchev–Trinajstić information content (AvgIpc) is 2.66. The average molecular weight is 358 g/mol. The molecule has 25 heavy (non-hydrogen) atoms. The fraction of sp³-hybridized carbons (Fsp3) is 0.353. The number of methoxy groups -OCH3 is 2. The lowest BCUT2D eigenvalue weighted by molar-refractivity contribution is -0.139. The first kappa shape index (κ1) is 12.5. The summed E-state index contributed by atoms with van der Waals surface area (Å²) in [6.07, 6.45) is 2.32. The Labute approximate surface area is 152 Å². The van der Waals surface area contributed by atoms with Gasteiger partial charge in [0.25, 0.3) is 0 Å². The second-order valence-electron chi connectivity index (χ2n) is 4.42. The van der Waals surface area contributed by atoms with Crippen molar-refractivity contribution in [1.82, 2.24) is 0 Å². The van der Waals surface area contributed by atoms with Crippen molar-refractivity contribution in [2.24, 2.45) is 0 Å². The first-order valence-electron chi connectivity index (χ1n) is 9.75. The van der Waals surface area contributed by atoms with Crippen LogP contribution in [0.1, 0.15) is 38.8 Å². The monoisotopic (exact) mass is 358 g/mol. The fourth-order valence-corrected chi connectivity index (χ4v) is 1.78. The summed E-state index contributed by atoms with van der Waals surface area (Å²) >= 11 is 0. The molecule has 0 saturated heterocycles. The van der Waals surface area contributed by atoms with Crippen LogP contribution >= 0.6 is 0 Å². The molecular weight excluding hydrogens is 332 g/mol. The van der Waals surface area contributed by atoms with Crippen molar-refractivity contribution in [1.29, 1.82) is 0 Å². The number of hydrogen-bond donors (Lipinski definition) is 1. The van der Waals surface area contributed by atoms with Crippen LogP contribution < -0.4 is 10.4 Å². The highest BCUT2D eigenvalue weighted by Crippen LogP contribution is 2.26. The van der Waals surface area contributed by atoms with E-state index < -0.39 is 50.1 Å². The number of allylic oxidation sites excluding steroid dienone is 1. The molecule has 0 bridgehead atoms. The molecule has 1 rings (SSSR count). The zero-order valence-corrected chi connectivity index (χ0v) is 13.5. The van der Waals surface area contributed by atoms with Crippen LogP contribution in [0.25, 0.3) is 6.08 Å². The van der Waals surface area contributed by atoms with E-state index in [0.717, 1.165) is 26.4 Å². The van der Waals surface area contributed by atoms with Crippen molar-refractivity contribution in [3.05, 3.63) is 45.0 Å². The Morgan fingerprint density at radius 2 is 1.96 bits per heavy atom. The third-order valence-electron chi connectivity index (χ3n) is 2.85. The molecule has 0 aliphatic heterocycles. The van der Waals surface area contributed by atoms with E-state index in [0.29, 0.717) is 6.08 Å². The van der Waals surface area contributed by atoms with Gasteiger partial charge >= 0.3 is 17.6 Å². The van der Waals surface area contributed by atoms with Crippen LogP contribution in [0.2, 0.25) is 0 Å². The Hall–Kier alpha value is -2.87. The van der Waals surface area contributed by atoms with Crippen molar-refractivity contribution in [3.8, 4) is 5.75 Å². The Kier molecular flexibility index (Phi) is 4.71. The van der Waals surface area contributed by atoms with Crippen molar-refractivity contribution in [2.75, 3.05) is 14.2 Å². The Morgan fingerprint density at radius 3 is 2.52 bits per heavy atom. The summed E-state index contributed by atoms with van der Waals surface area (Å²) in [5.41, 5.74) is -2.53. The van der Waals surface area contributed by atoms with Crippen LogP contribution in [-0.4, -0.2) is 31.3 Å². The van der Waals surface area contributed by atoms with Crippen LogP contribution in [0.5, 0.6) is 5.75 Å². The summed E-state index contributed by atoms with van der Waals surface area (Å²) < 4.78 is 62.7. The lowest BCUT2D eigenvalue weighted by Gasteiger charge is -2.13. The number of aliphatic hydroxyl groups is 1. The molecule has 8 nitrogen and oxygen atoms in total. The molecule has 1 heterocycles. The minimum Gasteiger partial charge on any atom is -0.496 e. The number of carbonyl (C=O) groups excluding carboxylic acids is 2. The molecule has 0 saturated carbocycles. The molecule has 0 amide bonds. The minimum absolute atomic E-state index is 0.0467. The zero-order chi connectivity index (χ0) is 24.0. The second kappa shape index (κ2) is 9.43. The van der Waals surface area contributed by atoms with E-state index in [1.165, 1.54) is 0 Å². The molecular formula is C17H20O8. The lowest BCUT2D eigenvalue weighted by atomic mass is 10.1. The normalized spacial score (nSPS) is 15.0. The molecule has 1 aromatic rings. The largest absolute Gasteiger partial charge is 0.496 e. The highest BCUT2D eigenvalue weighted by Gasteiger charge is 2.20. The Bertz CT molecular complexity index is 924. The van der Waals surface area contributed by atoms with E-state index in [9.17, 15) is 19.5 Å². The van der Waals surface area contributed by atoms with Gasteiger partial charge in [0.05, 0.1) is 26.4 Å². The smallest absolute Gasteiger partial charge is 0.346 e. The Morgan fingerprint density at radius 1 is 1.24 bits per heavy atom. The van der Waals surface area contributed by atoms with Gasteiger partial charge in [0.1, 0.15) is 23.7 Å². The predicted molar refractivity (Wildman–Crippen MR) is 87.7 cm³/mol. The Balaban J connectivity index is 3.29. The molecule has 0 spiro atoms. The van der Waals surface area contributed by atoms with Crippen LogP contribution in [0, 0.1) is 0 Å². The molecule has 0 atom stereocenters. The maximum atomic E-state index is 12.3. The van der Waals surface area contributed by atoms with Crippen LogP contribution in [0.4, 0.5) is 0 Å². The van der Waals surface area contributed by atoms with Gasteiger partial charge in [-0.2, -0.15) is 0 Å². The maximum Gasteiger partial charge on any atom is 0.346 e. The number of hydrogen-bond acceptors (Lipinski definition) is 8. The van der Waals surface area contributed by atoms with Gasteiger partial charge in [-0.25, -0.2) is 14.4 Å². The van der Waals surface area contributed by atoms with Gasteiger partial charge in [-0.05, 0) is 19.8 Å². The molecule has 0 aliphatic rings. The first-order chi connectivity index (χ1) is 14.3. The molecule has 0 fully saturated rings. The predicted octanol–water partition coefficient (Wildman–Crippen LogP) is 1.34. The van der Waals surface area contributed by atoms with Gasteiger partial charge in [-0.1, -0.05) is 5.57 Å². The van der Waals surface area contributed by atoms with Crippen molar-refractivity contribution < 1.29 is 41.5 Å². The first-order valence-corrected chi connectivity index (χ1v) is 6.75. The van der Waals surface area contributed by atoms with Gasteiger partial charge in [0.2, 0.25) is 0 Å². The van der Waals surface area contributed by atoms with Gasteiger partial charge in [-0.3, -0.25) is 0 Å². The van der Waals surface area contributed by atoms with Crippen molar-refractivity contribution >= 4 is 18.0 Å². The van der Waals surface area contributed by atoms with Crippen LogP contribution in [-0.2, 0) is 32.3 Å². The molecule has 0 radical (unpaired) electrons. The van der Waals surface area contributed by atoms with Crippen LogP contribution in [0.15, 0.2) is 26.9 Å². The molecule has 8 heteroatoms. The highest BCUT2D eigenvalue weighted by atomic mass is 16.5. The summed E-state index contributed by atoms with van der Waals surface area (Å²) in [6, 6.07) is 0. The number of carbonyl (C=O) groups is 2. The number of rotatable bonds is 7. The third-order valence-corrected chi connectivity index (χ3v) is 2.85. The van der Waals surface area contributed by atoms with Gasteiger partial charge < -0.3 is 23.7 Å². The van der Waals surface area contributed by atoms with E-state index in [-0.39, 0.29) is 22.6 Å². The SMILES string of the molecule is [2H]C([2H])([2H])C(=CC(=O)OCc1c(OC)c(CO)c(/C=C/C(=O)OC)oc1=O)C([2H])([2H])[2H]. The van der Waals surface area contributed by atoms with Gasteiger partial charge in [0.15, 0.2) is 0 Å². The number of esters is 2. The minimum atomic E-state index is -3.07. The topological polar surface area (TPSA) is 112 Å². The quantitative estimate of drug-likeness (QED) is 0.574. The number of aliphatic hydroxyl groups excluding tert-OH is 1. The summed E-state index contributed by atoms with van der Waals surface area (Å²) in [6.45, 7) is -7.60. The maximum absolute atomic E-state index is 12.3. The van der Waals surface area contributed by atoms with Crippen molar-refractivity contribution in [2.45, 2.75) is 26.9 Å². The molecule has 1 aromatic heterocycles. The molecule has 0 unspecified atom stereocenters. The summed E-state index contributed by atoms with van der Waals surface area (Å²) in [5, 5.41) is 9.61. The second-order valence-corrected chi connectivity index (χ2v) is 4.42. The van der Waals surface area contributed by atoms with Crippen LogP contribution in [0.3, 0.4) is 0 Å². The standard InChI is InChI=1S/C17H20O8/c1-10(2)7-15(20)24-9-12-16(23-4)11(8-18)13(25-17(12)21)5-6-14(19)22-3/h5-7,18H,8-9H2,1-4H3/b6-5+/i1D3,2D3. The van der Waals surface area contributed by atoms with Crippen molar-refractivity contribution in [3.63, 3.8) is 0 Å². The van der Waals surface area contributed by atoms with E-state index in [4.69, 9.17) is 22.1 Å². The molecule has 0 aliphatic carbocycles. The third kappa shape index (κ3) is 5.61. The van der Waals surface area contributed by atoms with E-state index in [1.807, 2.05) is 0 Å². The van der Waals surface area contributed by atoms with E-state index in [2.05, 4.69) is 4.74 Å². The summed E-state index contributed by atoms with van der Waals surface area (Å²) in [5.74, 6) is -2.50. The fourth-order valence-electron chi connectivity index (χ4n) is 1.78. The highest BCUT2D eigenvalue weighted by molar-refractivity contribution is 5.86. The van der Waals surface area contributed by atoms with Gasteiger partial charge in [0, 0.05) is 20.4 Å². The molecule has 0 aromatic carbocycles. The van der Waals surface area contributed by atoms with E-state index >= 15 is 0 Å². The summed E-state index contributed by atoms with van der Waals surface area (Å²) in [4.78, 5) is 35.5. The number of ether oxygens (including phenoxy) is 3. The summed E-state index contributed by atoms with van der Waals surface area (Å²) in [7, 11) is 2.29. The van der Waals surface area contributed by atoms with E-state index in [1.54, 1.807) is 0 Å². The zero-order valence-electron chi connectivity index (χ0n) is 19.5. The molecule has 1 N–H and O–H groups in total. The molecule has 136 valence electrons. The van der Waals surface area contributed by atoms with Gasteiger partial charge in [-0.15, -0.1) is 0 Å².